The monoisotopic (exact) mass is 421 g/mol. The summed E-state index contributed by atoms with van der Waals surface area (Å²) in [5.74, 6) is 0.380. The van der Waals surface area contributed by atoms with Gasteiger partial charge >= 0.3 is 0 Å². The number of carbonyl (C=O) groups is 1. The molecule has 1 atom stereocenters. The first-order chi connectivity index (χ1) is 13.3. The molecule has 1 aliphatic heterocycles. The SMILES string of the molecule is Cc1cc(C)c(C#N)c(SCC(=O)N(C2CCCCC2)C2CCS(=O)(=O)C2)n1. The Kier molecular flexibility index (Phi) is 6.66. The maximum atomic E-state index is 13.2. The van der Waals surface area contributed by atoms with E-state index in [-0.39, 0.29) is 35.2 Å². The van der Waals surface area contributed by atoms with E-state index in [1.54, 1.807) is 0 Å². The topological polar surface area (TPSA) is 91.1 Å². The Morgan fingerprint density at radius 1 is 1.25 bits per heavy atom. The van der Waals surface area contributed by atoms with Crippen molar-refractivity contribution in [3.63, 3.8) is 0 Å². The van der Waals surface area contributed by atoms with Crippen LogP contribution in [0.2, 0.25) is 0 Å². The van der Waals surface area contributed by atoms with Crippen LogP contribution in [-0.2, 0) is 14.6 Å². The first-order valence-corrected chi connectivity index (χ1v) is 12.6. The van der Waals surface area contributed by atoms with E-state index in [0.717, 1.165) is 36.9 Å². The van der Waals surface area contributed by atoms with Crippen LogP contribution in [0.3, 0.4) is 0 Å². The number of amides is 1. The lowest BCUT2D eigenvalue weighted by Gasteiger charge is -2.38. The molecule has 3 rings (SSSR count). The van der Waals surface area contributed by atoms with Crippen molar-refractivity contribution >= 4 is 27.5 Å². The highest BCUT2D eigenvalue weighted by atomic mass is 32.2. The van der Waals surface area contributed by atoms with Crippen molar-refractivity contribution in [1.82, 2.24) is 9.88 Å². The van der Waals surface area contributed by atoms with E-state index in [1.807, 2.05) is 24.8 Å². The van der Waals surface area contributed by atoms with Crippen LogP contribution in [0.4, 0.5) is 0 Å². The average molecular weight is 422 g/mol. The molecule has 0 spiro atoms. The van der Waals surface area contributed by atoms with E-state index in [9.17, 15) is 18.5 Å². The van der Waals surface area contributed by atoms with E-state index in [2.05, 4.69) is 11.1 Å². The molecule has 28 heavy (non-hydrogen) atoms. The summed E-state index contributed by atoms with van der Waals surface area (Å²) in [6, 6.07) is 3.96. The number of pyridine rings is 1. The number of sulfone groups is 1. The number of carbonyl (C=O) groups excluding carboxylic acids is 1. The maximum absolute atomic E-state index is 13.2. The molecule has 0 aromatic carbocycles. The van der Waals surface area contributed by atoms with Crippen molar-refractivity contribution in [3.8, 4) is 6.07 Å². The van der Waals surface area contributed by atoms with E-state index < -0.39 is 9.84 Å². The lowest BCUT2D eigenvalue weighted by Crippen LogP contribution is -2.49. The Bertz CT molecular complexity index is 887. The molecule has 8 heteroatoms. The van der Waals surface area contributed by atoms with Crippen LogP contribution in [0.5, 0.6) is 0 Å². The second-order valence-electron chi connectivity index (χ2n) is 7.81. The van der Waals surface area contributed by atoms with Gasteiger partial charge in [-0.15, -0.1) is 0 Å². The molecule has 2 fully saturated rings. The number of thioether (sulfide) groups is 1. The maximum Gasteiger partial charge on any atom is 0.233 e. The summed E-state index contributed by atoms with van der Waals surface area (Å²) < 4.78 is 24.0. The summed E-state index contributed by atoms with van der Waals surface area (Å²) in [6.45, 7) is 3.74. The fourth-order valence-electron chi connectivity index (χ4n) is 4.31. The Labute approximate surface area is 171 Å². The van der Waals surface area contributed by atoms with E-state index in [0.29, 0.717) is 17.0 Å². The van der Waals surface area contributed by atoms with Crippen LogP contribution >= 0.6 is 11.8 Å². The molecule has 6 nitrogen and oxygen atoms in total. The Balaban J connectivity index is 1.78. The number of nitrogens with zero attached hydrogens (tertiary/aromatic N) is 3. The molecule has 0 radical (unpaired) electrons. The third kappa shape index (κ3) is 4.87. The fourth-order valence-corrected chi connectivity index (χ4v) is 6.99. The number of aromatic nitrogens is 1. The van der Waals surface area contributed by atoms with Gasteiger partial charge in [0.2, 0.25) is 5.91 Å². The smallest absolute Gasteiger partial charge is 0.233 e. The summed E-state index contributed by atoms with van der Waals surface area (Å²) in [7, 11) is -3.06. The summed E-state index contributed by atoms with van der Waals surface area (Å²) in [5.41, 5.74) is 2.18. The number of nitriles is 1. The van der Waals surface area contributed by atoms with Gasteiger partial charge in [-0.25, -0.2) is 13.4 Å². The van der Waals surface area contributed by atoms with Crippen molar-refractivity contribution in [2.75, 3.05) is 17.3 Å². The molecular formula is C20H27N3O3S2. The van der Waals surface area contributed by atoms with Gasteiger partial charge in [0.05, 0.1) is 22.8 Å². The van der Waals surface area contributed by atoms with Crippen LogP contribution in [0.15, 0.2) is 11.1 Å². The second-order valence-corrected chi connectivity index (χ2v) is 11.0. The van der Waals surface area contributed by atoms with E-state index in [1.165, 1.54) is 18.2 Å². The molecule has 0 bridgehead atoms. The van der Waals surface area contributed by atoms with Gasteiger partial charge in [-0.1, -0.05) is 31.0 Å². The minimum Gasteiger partial charge on any atom is -0.335 e. The van der Waals surface area contributed by atoms with Gasteiger partial charge in [0.15, 0.2) is 9.84 Å². The highest BCUT2D eigenvalue weighted by Gasteiger charge is 2.38. The molecule has 1 unspecified atom stereocenters. The summed E-state index contributed by atoms with van der Waals surface area (Å²) in [4.78, 5) is 19.5. The quantitative estimate of drug-likeness (QED) is 0.679. The number of hydrogen-bond donors (Lipinski definition) is 0. The second kappa shape index (κ2) is 8.83. The fraction of sp³-hybridized carbons (Fsp3) is 0.650. The van der Waals surface area contributed by atoms with Crippen molar-refractivity contribution < 1.29 is 13.2 Å². The normalized spacial score (nSPS) is 22.0. The van der Waals surface area contributed by atoms with Crippen LogP contribution in [0, 0.1) is 25.2 Å². The van der Waals surface area contributed by atoms with Gasteiger partial charge in [-0.05, 0) is 44.7 Å². The first-order valence-electron chi connectivity index (χ1n) is 9.83. The van der Waals surface area contributed by atoms with Gasteiger partial charge in [0, 0.05) is 17.8 Å². The number of rotatable bonds is 5. The molecule has 1 aromatic heterocycles. The lowest BCUT2D eigenvalue weighted by atomic mass is 9.93. The first kappa shape index (κ1) is 21.1. The third-order valence-electron chi connectivity index (χ3n) is 5.61. The van der Waals surface area contributed by atoms with E-state index in [4.69, 9.17) is 0 Å². The zero-order valence-corrected chi connectivity index (χ0v) is 18.1. The van der Waals surface area contributed by atoms with Crippen LogP contribution in [-0.4, -0.2) is 53.6 Å². The Hall–Kier alpha value is -1.59. The lowest BCUT2D eigenvalue weighted by molar-refractivity contribution is -0.133. The van der Waals surface area contributed by atoms with Crippen LogP contribution in [0.1, 0.15) is 55.3 Å². The largest absolute Gasteiger partial charge is 0.335 e. The molecule has 0 N–H and O–H groups in total. The minimum absolute atomic E-state index is 0.0381. The molecule has 1 amide bonds. The molecule has 1 aliphatic carbocycles. The molecule has 152 valence electrons. The van der Waals surface area contributed by atoms with Gasteiger partial charge in [-0.2, -0.15) is 5.26 Å². The van der Waals surface area contributed by atoms with Crippen molar-refractivity contribution in [3.05, 3.63) is 22.9 Å². The zero-order chi connectivity index (χ0) is 20.3. The van der Waals surface area contributed by atoms with Crippen molar-refractivity contribution in [2.24, 2.45) is 0 Å². The molecule has 1 saturated heterocycles. The summed E-state index contributed by atoms with van der Waals surface area (Å²) in [5, 5.41) is 10.0. The van der Waals surface area contributed by atoms with Crippen LogP contribution in [0.25, 0.3) is 0 Å². The average Bonchev–Trinajstić information content (AvgIpc) is 3.00. The number of aryl methyl sites for hydroxylation is 2. The predicted molar refractivity (Wildman–Crippen MR) is 110 cm³/mol. The van der Waals surface area contributed by atoms with Gasteiger partial charge < -0.3 is 4.90 Å². The number of hydrogen-bond acceptors (Lipinski definition) is 6. The standard InChI is InChI=1S/C20H27N3O3S2/c1-14-10-15(2)22-20(18(14)11-21)27-12-19(24)23(16-6-4-3-5-7-16)17-8-9-28(25,26)13-17/h10,16-17H,3-9,12-13H2,1-2H3. The summed E-state index contributed by atoms with van der Waals surface area (Å²) in [6.07, 6.45) is 5.75. The van der Waals surface area contributed by atoms with E-state index >= 15 is 0 Å². The highest BCUT2D eigenvalue weighted by Crippen LogP contribution is 2.30. The molecule has 1 aromatic rings. The zero-order valence-electron chi connectivity index (χ0n) is 16.5. The van der Waals surface area contributed by atoms with Crippen molar-refractivity contribution in [1.29, 1.82) is 5.26 Å². The minimum atomic E-state index is -3.06. The molecule has 2 aliphatic rings. The van der Waals surface area contributed by atoms with Gasteiger partial charge in [-0.3, -0.25) is 4.79 Å². The Morgan fingerprint density at radius 2 is 1.96 bits per heavy atom. The molecular weight excluding hydrogens is 394 g/mol. The van der Waals surface area contributed by atoms with Gasteiger partial charge in [0.1, 0.15) is 11.1 Å². The molecule has 1 saturated carbocycles. The Morgan fingerprint density at radius 3 is 2.57 bits per heavy atom. The summed E-state index contributed by atoms with van der Waals surface area (Å²) >= 11 is 1.28. The highest BCUT2D eigenvalue weighted by molar-refractivity contribution is 8.00. The predicted octanol–water partition coefficient (Wildman–Crippen LogP) is 3.01. The van der Waals surface area contributed by atoms with Crippen LogP contribution < -0.4 is 0 Å². The molecule has 2 heterocycles. The van der Waals surface area contributed by atoms with Gasteiger partial charge in [0.25, 0.3) is 0 Å². The third-order valence-corrected chi connectivity index (χ3v) is 8.32. The van der Waals surface area contributed by atoms with Crippen molar-refractivity contribution in [2.45, 2.75) is 69.5 Å².